The predicted octanol–water partition coefficient (Wildman–Crippen LogP) is 7.01. The fourth-order valence-electron chi connectivity index (χ4n) is 3.31. The molecule has 1 aliphatic rings. The second-order valence-corrected chi connectivity index (χ2v) is 7.69. The molecular formula is C21H42O2. The molecule has 0 amide bonds. The van der Waals surface area contributed by atoms with Gasteiger partial charge in [-0.05, 0) is 26.2 Å². The van der Waals surface area contributed by atoms with E-state index in [4.69, 9.17) is 9.47 Å². The summed E-state index contributed by atoms with van der Waals surface area (Å²) < 4.78 is 11.7. The second-order valence-electron chi connectivity index (χ2n) is 7.69. The van der Waals surface area contributed by atoms with Gasteiger partial charge >= 0.3 is 0 Å². The van der Waals surface area contributed by atoms with Crippen LogP contribution in [-0.2, 0) is 9.47 Å². The van der Waals surface area contributed by atoms with Crippen LogP contribution in [0.5, 0.6) is 0 Å². The molecule has 2 atom stereocenters. The van der Waals surface area contributed by atoms with Crippen LogP contribution < -0.4 is 0 Å². The van der Waals surface area contributed by atoms with Crippen LogP contribution in [0.1, 0.15) is 117 Å². The molecule has 0 radical (unpaired) electrons. The Kier molecular flexibility index (Phi) is 12.1. The van der Waals surface area contributed by atoms with Crippen LogP contribution in [0.2, 0.25) is 0 Å². The highest BCUT2D eigenvalue weighted by Gasteiger charge is 2.34. The van der Waals surface area contributed by atoms with Crippen molar-refractivity contribution in [1.82, 2.24) is 0 Å². The number of hydrogen-bond donors (Lipinski definition) is 0. The van der Waals surface area contributed by atoms with Gasteiger partial charge in [0.15, 0.2) is 6.29 Å². The molecule has 0 aromatic rings. The first kappa shape index (κ1) is 21.0. The molecule has 1 aliphatic heterocycles. The van der Waals surface area contributed by atoms with Crippen molar-refractivity contribution in [1.29, 1.82) is 0 Å². The molecule has 0 N–H and O–H groups in total. The van der Waals surface area contributed by atoms with Crippen molar-refractivity contribution in [2.24, 2.45) is 0 Å². The summed E-state index contributed by atoms with van der Waals surface area (Å²) in [5.74, 6) is 0. The van der Waals surface area contributed by atoms with Gasteiger partial charge in [0.2, 0.25) is 0 Å². The minimum atomic E-state index is -0.0266. The summed E-state index contributed by atoms with van der Waals surface area (Å²) in [7, 11) is 0. The van der Waals surface area contributed by atoms with Crippen LogP contribution in [0, 0.1) is 0 Å². The number of hydrogen-bond acceptors (Lipinski definition) is 2. The fraction of sp³-hybridized carbons (Fsp3) is 1.00. The topological polar surface area (TPSA) is 18.5 Å². The van der Waals surface area contributed by atoms with Crippen LogP contribution >= 0.6 is 0 Å². The molecule has 2 heteroatoms. The smallest absolute Gasteiger partial charge is 0.158 e. The van der Waals surface area contributed by atoms with E-state index in [0.717, 1.165) is 19.4 Å². The lowest BCUT2D eigenvalue weighted by Crippen LogP contribution is -2.26. The predicted molar refractivity (Wildman–Crippen MR) is 99.8 cm³/mol. The Morgan fingerprint density at radius 2 is 1.22 bits per heavy atom. The first-order valence-electron chi connectivity index (χ1n) is 10.5. The van der Waals surface area contributed by atoms with E-state index in [1.165, 1.54) is 83.5 Å². The van der Waals surface area contributed by atoms with E-state index in [0.29, 0.717) is 0 Å². The Morgan fingerprint density at radius 1 is 0.739 bits per heavy atom. The highest BCUT2D eigenvalue weighted by molar-refractivity contribution is 4.78. The monoisotopic (exact) mass is 326 g/mol. The van der Waals surface area contributed by atoms with E-state index in [1.807, 2.05) is 0 Å². The maximum Gasteiger partial charge on any atom is 0.158 e. The Labute approximate surface area is 145 Å². The zero-order valence-electron chi connectivity index (χ0n) is 16.2. The molecule has 2 nitrogen and oxygen atoms in total. The van der Waals surface area contributed by atoms with Crippen molar-refractivity contribution < 1.29 is 9.47 Å². The highest BCUT2D eigenvalue weighted by atomic mass is 16.7. The van der Waals surface area contributed by atoms with Crippen molar-refractivity contribution in [3.8, 4) is 0 Å². The molecule has 0 aromatic carbocycles. The average Bonchev–Trinajstić information content (AvgIpc) is 2.94. The Balaban J connectivity index is 1.77. The highest BCUT2D eigenvalue weighted by Crippen LogP contribution is 2.28. The summed E-state index contributed by atoms with van der Waals surface area (Å²) >= 11 is 0. The minimum absolute atomic E-state index is 0.0266. The zero-order valence-corrected chi connectivity index (χ0v) is 16.2. The lowest BCUT2D eigenvalue weighted by molar-refractivity contribution is -0.0891. The Hall–Kier alpha value is -0.0800. The molecule has 138 valence electrons. The summed E-state index contributed by atoms with van der Waals surface area (Å²) in [6.45, 7) is 7.40. The van der Waals surface area contributed by atoms with E-state index in [9.17, 15) is 0 Å². The van der Waals surface area contributed by atoms with Crippen LogP contribution in [0.4, 0.5) is 0 Å². The van der Waals surface area contributed by atoms with Gasteiger partial charge in [-0.15, -0.1) is 0 Å². The summed E-state index contributed by atoms with van der Waals surface area (Å²) in [5, 5.41) is 0. The van der Waals surface area contributed by atoms with Gasteiger partial charge in [0.1, 0.15) is 0 Å². The number of unbranched alkanes of at least 4 members (excludes halogenated alkanes) is 12. The van der Waals surface area contributed by atoms with Crippen molar-refractivity contribution in [2.45, 2.75) is 129 Å². The number of ether oxygens (including phenoxy) is 2. The van der Waals surface area contributed by atoms with Gasteiger partial charge in [-0.1, -0.05) is 90.9 Å². The summed E-state index contributed by atoms with van der Waals surface area (Å²) in [6, 6.07) is 0. The molecule has 1 rings (SSSR count). The molecule has 1 fully saturated rings. The summed E-state index contributed by atoms with van der Waals surface area (Å²) in [6.07, 6.45) is 20.5. The fourth-order valence-corrected chi connectivity index (χ4v) is 3.31. The van der Waals surface area contributed by atoms with Gasteiger partial charge in [-0.25, -0.2) is 0 Å². The van der Waals surface area contributed by atoms with Crippen molar-refractivity contribution in [3.63, 3.8) is 0 Å². The van der Waals surface area contributed by atoms with Crippen molar-refractivity contribution in [2.75, 3.05) is 6.61 Å². The van der Waals surface area contributed by atoms with Crippen LogP contribution in [0.15, 0.2) is 0 Å². The molecule has 23 heavy (non-hydrogen) atoms. The average molecular weight is 327 g/mol. The standard InChI is InChI=1S/C21H42O2/c1-4-6-7-8-9-10-11-12-13-14-15-16-17-18-20-22-19-21(3,5-2)23-20/h20H,4-19H2,1-3H3. The minimum Gasteiger partial charge on any atom is -0.350 e. The van der Waals surface area contributed by atoms with E-state index >= 15 is 0 Å². The van der Waals surface area contributed by atoms with Gasteiger partial charge in [-0.3, -0.25) is 0 Å². The Bertz CT molecular complexity index is 267. The van der Waals surface area contributed by atoms with Gasteiger partial charge in [0, 0.05) is 0 Å². The molecule has 0 aliphatic carbocycles. The van der Waals surface area contributed by atoms with E-state index in [1.54, 1.807) is 0 Å². The van der Waals surface area contributed by atoms with Gasteiger partial charge in [-0.2, -0.15) is 0 Å². The lowest BCUT2D eigenvalue weighted by Gasteiger charge is -2.19. The quantitative estimate of drug-likeness (QED) is 0.301. The van der Waals surface area contributed by atoms with E-state index < -0.39 is 0 Å². The lowest BCUT2D eigenvalue weighted by atomic mass is 10.0. The molecule has 0 saturated carbocycles. The van der Waals surface area contributed by atoms with Crippen LogP contribution in [-0.4, -0.2) is 18.5 Å². The van der Waals surface area contributed by atoms with Gasteiger partial charge in [0.05, 0.1) is 12.2 Å². The van der Waals surface area contributed by atoms with E-state index in [2.05, 4.69) is 20.8 Å². The van der Waals surface area contributed by atoms with Gasteiger partial charge in [0.25, 0.3) is 0 Å². The van der Waals surface area contributed by atoms with Crippen molar-refractivity contribution >= 4 is 0 Å². The SMILES string of the molecule is CCCCCCCCCCCCCCCC1OCC(C)(CC)O1. The molecule has 2 unspecified atom stereocenters. The Morgan fingerprint density at radius 3 is 1.65 bits per heavy atom. The molecule has 1 heterocycles. The molecule has 0 bridgehead atoms. The maximum atomic E-state index is 5.98. The summed E-state index contributed by atoms with van der Waals surface area (Å²) in [4.78, 5) is 0. The first-order chi connectivity index (χ1) is 11.2. The van der Waals surface area contributed by atoms with Crippen LogP contribution in [0.3, 0.4) is 0 Å². The maximum absolute atomic E-state index is 5.98. The van der Waals surface area contributed by atoms with Crippen molar-refractivity contribution in [3.05, 3.63) is 0 Å². The van der Waals surface area contributed by atoms with Crippen LogP contribution in [0.25, 0.3) is 0 Å². The molecule has 0 spiro atoms. The van der Waals surface area contributed by atoms with Gasteiger partial charge < -0.3 is 9.47 Å². The zero-order chi connectivity index (χ0) is 16.8. The second kappa shape index (κ2) is 13.2. The summed E-state index contributed by atoms with van der Waals surface area (Å²) in [5.41, 5.74) is -0.0266. The molecule has 0 aromatic heterocycles. The third-order valence-corrected chi connectivity index (χ3v) is 5.28. The third kappa shape index (κ3) is 10.4. The first-order valence-corrected chi connectivity index (χ1v) is 10.5. The molecule has 1 saturated heterocycles. The largest absolute Gasteiger partial charge is 0.350 e. The van der Waals surface area contributed by atoms with E-state index in [-0.39, 0.29) is 11.9 Å². The number of rotatable bonds is 15. The normalized spacial score (nSPS) is 24.4. The third-order valence-electron chi connectivity index (χ3n) is 5.28. The molecular weight excluding hydrogens is 284 g/mol.